The molecule has 0 fully saturated rings. The predicted molar refractivity (Wildman–Crippen MR) is 400 cm³/mol. The molecule has 0 saturated heterocycles. The van der Waals surface area contributed by atoms with Crippen LogP contribution in [0.15, 0.2) is 60.8 Å². The number of esters is 4. The summed E-state index contributed by atoms with van der Waals surface area (Å²) in [6.07, 6.45) is 70.5. The van der Waals surface area contributed by atoms with Crippen LogP contribution in [0, 0.1) is 0 Å². The van der Waals surface area contributed by atoms with Crippen LogP contribution in [0.2, 0.25) is 0 Å². The average molecular weight is 1430 g/mol. The fourth-order valence-electron chi connectivity index (χ4n) is 10.9. The molecule has 572 valence electrons. The molecule has 98 heavy (non-hydrogen) atoms. The summed E-state index contributed by atoms with van der Waals surface area (Å²) in [6, 6.07) is 0. The Morgan fingerprint density at radius 3 is 0.827 bits per heavy atom. The van der Waals surface area contributed by atoms with Crippen LogP contribution in [-0.4, -0.2) is 96.7 Å². The fourth-order valence-corrected chi connectivity index (χ4v) is 12.5. The molecule has 0 aromatic heterocycles. The van der Waals surface area contributed by atoms with E-state index in [4.69, 9.17) is 37.0 Å². The number of carbonyl (C=O) groups is 4. The summed E-state index contributed by atoms with van der Waals surface area (Å²) in [5.41, 5.74) is 0. The molecule has 0 aliphatic carbocycles. The Morgan fingerprint density at radius 2 is 0.520 bits per heavy atom. The number of ether oxygens (including phenoxy) is 4. The Kier molecular flexibility index (Phi) is 69.7. The second kappa shape index (κ2) is 72.1. The van der Waals surface area contributed by atoms with Crippen molar-refractivity contribution >= 4 is 39.5 Å². The Balaban J connectivity index is 5.30. The van der Waals surface area contributed by atoms with Crippen molar-refractivity contribution in [3.8, 4) is 0 Å². The van der Waals surface area contributed by atoms with Crippen LogP contribution >= 0.6 is 15.6 Å². The third-order valence-corrected chi connectivity index (χ3v) is 18.9. The lowest BCUT2D eigenvalue weighted by atomic mass is 10.0. The average Bonchev–Trinajstić information content (AvgIpc) is 0.979. The molecule has 0 radical (unpaired) electrons. The zero-order chi connectivity index (χ0) is 71.8. The van der Waals surface area contributed by atoms with E-state index >= 15 is 0 Å². The summed E-state index contributed by atoms with van der Waals surface area (Å²) in [5.74, 6) is -2.17. The molecule has 0 aromatic rings. The van der Waals surface area contributed by atoms with Gasteiger partial charge in [-0.3, -0.25) is 37.3 Å². The number of aliphatic hydroxyl groups is 1. The van der Waals surface area contributed by atoms with Crippen LogP contribution in [0.5, 0.6) is 0 Å². The van der Waals surface area contributed by atoms with Crippen molar-refractivity contribution in [1.29, 1.82) is 0 Å². The molecule has 0 heterocycles. The highest BCUT2D eigenvalue weighted by Crippen LogP contribution is 2.45. The van der Waals surface area contributed by atoms with Gasteiger partial charge in [-0.05, 0) is 89.9 Å². The van der Waals surface area contributed by atoms with E-state index in [2.05, 4.69) is 88.5 Å². The van der Waals surface area contributed by atoms with Crippen molar-refractivity contribution in [1.82, 2.24) is 0 Å². The number of unbranched alkanes of at least 4 members (excludes halogenated alkanes) is 39. The maximum atomic E-state index is 13.1. The maximum Gasteiger partial charge on any atom is 0.472 e. The van der Waals surface area contributed by atoms with E-state index in [0.29, 0.717) is 25.7 Å². The van der Waals surface area contributed by atoms with Gasteiger partial charge in [-0.15, -0.1) is 0 Å². The van der Waals surface area contributed by atoms with E-state index in [9.17, 15) is 43.2 Å². The van der Waals surface area contributed by atoms with Gasteiger partial charge >= 0.3 is 39.5 Å². The smallest absolute Gasteiger partial charge is 0.462 e. The fraction of sp³-hybridized carbons (Fsp3) is 0.823. The summed E-state index contributed by atoms with van der Waals surface area (Å²) in [7, 11) is -9.94. The Hall–Kier alpha value is -3.24. The molecule has 0 saturated carbocycles. The first-order valence-electron chi connectivity index (χ1n) is 39.5. The van der Waals surface area contributed by atoms with Crippen molar-refractivity contribution in [2.45, 2.75) is 380 Å². The molecule has 19 heteroatoms. The number of phosphoric ester groups is 2. The van der Waals surface area contributed by atoms with Gasteiger partial charge in [-0.2, -0.15) is 0 Å². The normalized spacial score (nSPS) is 14.2. The molecule has 17 nitrogen and oxygen atoms in total. The lowest BCUT2D eigenvalue weighted by molar-refractivity contribution is -0.161. The van der Waals surface area contributed by atoms with Gasteiger partial charge in [0.05, 0.1) is 26.4 Å². The zero-order valence-corrected chi connectivity index (χ0v) is 64.3. The molecule has 0 rings (SSSR count). The van der Waals surface area contributed by atoms with E-state index in [1.54, 1.807) is 0 Å². The van der Waals surface area contributed by atoms with E-state index in [1.807, 2.05) is 0 Å². The van der Waals surface area contributed by atoms with E-state index in [1.165, 1.54) is 122 Å². The van der Waals surface area contributed by atoms with Crippen molar-refractivity contribution in [2.24, 2.45) is 0 Å². The minimum Gasteiger partial charge on any atom is -0.462 e. The summed E-state index contributed by atoms with van der Waals surface area (Å²) in [4.78, 5) is 72.9. The quantitative estimate of drug-likeness (QED) is 0.0169. The number of rotatable bonds is 75. The lowest BCUT2D eigenvalue weighted by Gasteiger charge is -2.21. The highest BCUT2D eigenvalue weighted by atomic mass is 31.2. The number of phosphoric acid groups is 2. The van der Waals surface area contributed by atoms with Crippen molar-refractivity contribution in [3.63, 3.8) is 0 Å². The Bertz CT molecular complexity index is 2100. The predicted octanol–water partition coefficient (Wildman–Crippen LogP) is 22.7. The van der Waals surface area contributed by atoms with Crippen LogP contribution in [-0.2, 0) is 65.4 Å². The first kappa shape index (κ1) is 94.8. The van der Waals surface area contributed by atoms with Crippen LogP contribution < -0.4 is 0 Å². The number of hydrogen-bond acceptors (Lipinski definition) is 15. The second-order valence-electron chi connectivity index (χ2n) is 26.7. The molecule has 0 aromatic carbocycles. The molecule has 0 aliphatic rings. The molecular weight excluding hydrogens is 1280 g/mol. The maximum absolute atomic E-state index is 13.1. The molecule has 0 spiro atoms. The molecule has 5 atom stereocenters. The lowest BCUT2D eigenvalue weighted by Crippen LogP contribution is -2.30. The molecular formula is C79H144O17P2. The summed E-state index contributed by atoms with van der Waals surface area (Å²) in [6.45, 7) is 4.82. The van der Waals surface area contributed by atoms with Crippen LogP contribution in [0.3, 0.4) is 0 Å². The minimum absolute atomic E-state index is 0.0983. The van der Waals surface area contributed by atoms with Gasteiger partial charge in [-0.1, -0.05) is 307 Å². The Labute approximate surface area is 597 Å². The zero-order valence-electron chi connectivity index (χ0n) is 62.5. The summed E-state index contributed by atoms with van der Waals surface area (Å²) < 4.78 is 68.5. The third kappa shape index (κ3) is 71.2. The number of carbonyl (C=O) groups excluding carboxylic acids is 4. The van der Waals surface area contributed by atoms with Gasteiger partial charge in [0.15, 0.2) is 12.2 Å². The monoisotopic (exact) mass is 1430 g/mol. The van der Waals surface area contributed by atoms with Crippen LogP contribution in [0.1, 0.15) is 362 Å². The van der Waals surface area contributed by atoms with Gasteiger partial charge in [0, 0.05) is 25.7 Å². The Morgan fingerprint density at radius 1 is 0.286 bits per heavy atom. The van der Waals surface area contributed by atoms with Gasteiger partial charge < -0.3 is 33.8 Å². The van der Waals surface area contributed by atoms with Gasteiger partial charge in [0.25, 0.3) is 0 Å². The number of hydrogen-bond donors (Lipinski definition) is 3. The summed E-state index contributed by atoms with van der Waals surface area (Å²) >= 11 is 0. The van der Waals surface area contributed by atoms with E-state index in [-0.39, 0.29) is 25.7 Å². The molecule has 3 N–H and O–H groups in total. The van der Waals surface area contributed by atoms with Crippen molar-refractivity contribution in [3.05, 3.63) is 60.8 Å². The van der Waals surface area contributed by atoms with Gasteiger partial charge in [0.1, 0.15) is 19.3 Å². The molecule has 0 aliphatic heterocycles. The van der Waals surface area contributed by atoms with Crippen LogP contribution in [0.4, 0.5) is 0 Å². The third-order valence-electron chi connectivity index (χ3n) is 17.0. The van der Waals surface area contributed by atoms with E-state index in [0.717, 1.165) is 161 Å². The first-order valence-corrected chi connectivity index (χ1v) is 42.5. The van der Waals surface area contributed by atoms with Crippen molar-refractivity contribution < 1.29 is 80.2 Å². The summed E-state index contributed by atoms with van der Waals surface area (Å²) in [5, 5.41) is 10.6. The highest BCUT2D eigenvalue weighted by Gasteiger charge is 2.30. The minimum atomic E-state index is -4.97. The first-order chi connectivity index (χ1) is 47.7. The molecule has 0 amide bonds. The largest absolute Gasteiger partial charge is 0.472 e. The number of aliphatic hydroxyl groups excluding tert-OH is 1. The van der Waals surface area contributed by atoms with Crippen LogP contribution in [0.25, 0.3) is 0 Å². The van der Waals surface area contributed by atoms with Gasteiger partial charge in [-0.25, -0.2) is 9.13 Å². The highest BCUT2D eigenvalue weighted by molar-refractivity contribution is 7.47. The second-order valence-corrected chi connectivity index (χ2v) is 29.6. The number of allylic oxidation sites excluding steroid dienone is 10. The topological polar surface area (TPSA) is 237 Å². The standard InChI is InChI=1S/C79H144O17P2/c1-5-9-13-17-21-25-29-33-34-35-36-37-38-42-44-48-52-56-60-64-77(82)90-70-75(96-79(84)66-62-58-54-50-46-41-32-28-24-20-16-12-8-4)72-94-98(87,88)92-68-73(80)67-91-97(85,86)93-71-74(95-78(83)65-61-57-53-49-45-40-31-27-23-19-15-11-7-3)69-89-76(81)63-59-55-51-47-43-39-30-26-22-18-14-10-6-2/h14,18,21,25-26,30,33-34,36-37,73-75,80H,5-13,15-17,19-20,22-24,27-29,31-32,35,38-72H2,1-4H3,(H,85,86)(H,87,88)/b18-14-,25-21-,30-26-,34-33-,37-36-. The van der Waals surface area contributed by atoms with Gasteiger partial charge in [0.2, 0.25) is 0 Å². The van der Waals surface area contributed by atoms with Crippen molar-refractivity contribution in [2.75, 3.05) is 39.6 Å². The van der Waals surface area contributed by atoms with E-state index < -0.39 is 97.5 Å². The molecule has 0 bridgehead atoms. The molecule has 5 unspecified atom stereocenters. The SMILES string of the molecule is CCC/C=C\C/C=C\CCCCCCCC(=O)OCC(COP(=O)(O)OCC(O)COP(=O)(O)OCC(COC(=O)CCCCCCCC/C=C\C/C=C\C/C=C\CCCCC)OC(=O)CCCCCCCCCCCCCCC)OC(=O)CCCCCCCCCCCCCCC.